The second kappa shape index (κ2) is 7.11. The Morgan fingerprint density at radius 1 is 0.955 bits per heavy atom. The number of nitrogens with one attached hydrogen (secondary N) is 1. The van der Waals surface area contributed by atoms with Crippen molar-refractivity contribution in [2.45, 2.75) is 19.0 Å². The summed E-state index contributed by atoms with van der Waals surface area (Å²) in [5.41, 5.74) is 0.415. The van der Waals surface area contributed by atoms with Gasteiger partial charge in [-0.1, -0.05) is 48.5 Å². The molecule has 0 unspecified atom stereocenters. The molecule has 5 heteroatoms. The topological polar surface area (TPSA) is 29.1 Å². The van der Waals surface area contributed by atoms with Crippen LogP contribution in [0.5, 0.6) is 0 Å². The minimum atomic E-state index is -4.37. The molecule has 0 aliphatic rings. The average molecular weight is 307 g/mol. The van der Waals surface area contributed by atoms with Gasteiger partial charge in [-0.3, -0.25) is 4.79 Å². The van der Waals surface area contributed by atoms with Crippen LogP contribution in [0.4, 0.5) is 13.2 Å². The Hall–Kier alpha value is -2.30. The van der Waals surface area contributed by atoms with Gasteiger partial charge in [-0.15, -0.1) is 0 Å². The van der Waals surface area contributed by atoms with Crippen molar-refractivity contribution >= 4 is 5.91 Å². The molecule has 0 saturated carbocycles. The molecule has 2 aromatic carbocycles. The summed E-state index contributed by atoms with van der Waals surface area (Å²) in [6, 6.07) is 14.6. The van der Waals surface area contributed by atoms with Crippen molar-refractivity contribution in [3.05, 3.63) is 71.3 Å². The predicted octanol–water partition coefficient (Wildman–Crippen LogP) is 3.61. The molecule has 0 aromatic heterocycles. The monoisotopic (exact) mass is 307 g/mol. The summed E-state index contributed by atoms with van der Waals surface area (Å²) in [7, 11) is 0. The van der Waals surface area contributed by atoms with Gasteiger partial charge in [0.2, 0.25) is 5.91 Å². The van der Waals surface area contributed by atoms with Crippen molar-refractivity contribution in [3.63, 3.8) is 0 Å². The zero-order valence-electron chi connectivity index (χ0n) is 11.9. The molecule has 0 fully saturated rings. The summed E-state index contributed by atoms with van der Waals surface area (Å²) in [5, 5.41) is 2.65. The number of rotatable bonds is 5. The molecule has 0 aliphatic carbocycles. The van der Waals surface area contributed by atoms with Crippen LogP contribution in [0.2, 0.25) is 0 Å². The highest BCUT2D eigenvalue weighted by Crippen LogP contribution is 2.31. The number of alkyl halides is 3. The van der Waals surface area contributed by atoms with E-state index in [1.54, 1.807) is 6.07 Å². The Kier molecular flexibility index (Phi) is 5.20. The van der Waals surface area contributed by atoms with Crippen LogP contribution in [-0.2, 0) is 23.8 Å². The summed E-state index contributed by atoms with van der Waals surface area (Å²) in [6.45, 7) is 0.179. The SMILES string of the molecule is O=C(Cc1ccccc1)NCCc1ccccc1C(F)(F)F. The zero-order valence-corrected chi connectivity index (χ0v) is 11.9. The fraction of sp³-hybridized carbons (Fsp3) is 0.235. The second-order valence-corrected chi connectivity index (χ2v) is 4.92. The van der Waals surface area contributed by atoms with Crippen LogP contribution >= 0.6 is 0 Å². The van der Waals surface area contributed by atoms with Gasteiger partial charge < -0.3 is 5.32 Å². The average Bonchev–Trinajstić information content (AvgIpc) is 2.48. The van der Waals surface area contributed by atoms with Crippen LogP contribution in [0.3, 0.4) is 0 Å². The van der Waals surface area contributed by atoms with Crippen LogP contribution in [0.1, 0.15) is 16.7 Å². The molecule has 1 N–H and O–H groups in total. The largest absolute Gasteiger partial charge is 0.416 e. The molecule has 0 spiro atoms. The highest BCUT2D eigenvalue weighted by atomic mass is 19.4. The molecule has 0 radical (unpaired) electrons. The Morgan fingerprint density at radius 3 is 2.27 bits per heavy atom. The summed E-state index contributed by atoms with van der Waals surface area (Å²) in [6.07, 6.45) is -4.00. The number of benzene rings is 2. The van der Waals surface area contributed by atoms with Crippen LogP contribution < -0.4 is 5.32 Å². The Balaban J connectivity index is 1.88. The number of halogens is 3. The lowest BCUT2D eigenvalue weighted by atomic mass is 10.0. The molecule has 2 aromatic rings. The maximum absolute atomic E-state index is 12.8. The van der Waals surface area contributed by atoms with Gasteiger partial charge in [-0.25, -0.2) is 0 Å². The first-order chi connectivity index (χ1) is 10.5. The van der Waals surface area contributed by atoms with E-state index < -0.39 is 11.7 Å². The standard InChI is InChI=1S/C17H16F3NO/c18-17(19,20)15-9-5-4-8-14(15)10-11-21-16(22)12-13-6-2-1-3-7-13/h1-9H,10-12H2,(H,21,22). The Morgan fingerprint density at radius 2 is 1.59 bits per heavy atom. The van der Waals surface area contributed by atoms with E-state index >= 15 is 0 Å². The van der Waals surface area contributed by atoms with E-state index in [0.29, 0.717) is 0 Å². The second-order valence-electron chi connectivity index (χ2n) is 4.92. The van der Waals surface area contributed by atoms with Crippen LogP contribution in [0, 0.1) is 0 Å². The molecule has 0 atom stereocenters. The van der Waals surface area contributed by atoms with E-state index in [9.17, 15) is 18.0 Å². The molecular formula is C17H16F3NO. The van der Waals surface area contributed by atoms with Gasteiger partial charge in [0, 0.05) is 6.54 Å². The highest BCUT2D eigenvalue weighted by molar-refractivity contribution is 5.78. The number of carbonyl (C=O) groups is 1. The van der Waals surface area contributed by atoms with Gasteiger partial charge in [0.05, 0.1) is 12.0 Å². The molecule has 22 heavy (non-hydrogen) atoms. The van der Waals surface area contributed by atoms with Gasteiger partial charge in [0.25, 0.3) is 0 Å². The smallest absolute Gasteiger partial charge is 0.355 e. The number of amides is 1. The first-order valence-corrected chi connectivity index (χ1v) is 6.92. The van der Waals surface area contributed by atoms with E-state index in [4.69, 9.17) is 0 Å². The van der Waals surface area contributed by atoms with Crippen molar-refractivity contribution in [1.82, 2.24) is 5.32 Å². The summed E-state index contributed by atoms with van der Waals surface area (Å²) >= 11 is 0. The molecule has 2 nitrogen and oxygen atoms in total. The fourth-order valence-electron chi connectivity index (χ4n) is 2.20. The van der Waals surface area contributed by atoms with Gasteiger partial charge in [-0.2, -0.15) is 13.2 Å². The molecule has 1 amide bonds. The fourth-order valence-corrected chi connectivity index (χ4v) is 2.20. The normalized spacial score (nSPS) is 11.2. The van der Waals surface area contributed by atoms with E-state index in [2.05, 4.69) is 5.32 Å². The van der Waals surface area contributed by atoms with Crippen molar-refractivity contribution in [2.75, 3.05) is 6.54 Å². The molecular weight excluding hydrogens is 291 g/mol. The van der Waals surface area contributed by atoms with Gasteiger partial charge in [0.15, 0.2) is 0 Å². The van der Waals surface area contributed by atoms with Gasteiger partial charge in [-0.05, 0) is 23.6 Å². The summed E-state index contributed by atoms with van der Waals surface area (Å²) < 4.78 is 38.5. The van der Waals surface area contributed by atoms with Crippen LogP contribution in [0.15, 0.2) is 54.6 Å². The zero-order chi connectivity index (χ0) is 16.0. The summed E-state index contributed by atoms with van der Waals surface area (Å²) in [4.78, 5) is 11.8. The Bertz CT molecular complexity index is 623. The van der Waals surface area contributed by atoms with E-state index in [1.807, 2.05) is 30.3 Å². The van der Waals surface area contributed by atoms with Crippen LogP contribution in [0.25, 0.3) is 0 Å². The third kappa shape index (κ3) is 4.62. The van der Waals surface area contributed by atoms with E-state index in [0.717, 1.165) is 11.6 Å². The minimum Gasteiger partial charge on any atom is -0.355 e. The molecule has 0 aliphatic heterocycles. The minimum absolute atomic E-state index is 0.149. The summed E-state index contributed by atoms with van der Waals surface area (Å²) in [5.74, 6) is -0.198. The third-order valence-electron chi connectivity index (χ3n) is 3.25. The molecule has 2 rings (SSSR count). The van der Waals surface area contributed by atoms with Crippen LogP contribution in [-0.4, -0.2) is 12.5 Å². The van der Waals surface area contributed by atoms with Crippen molar-refractivity contribution in [1.29, 1.82) is 0 Å². The number of hydrogen-bond acceptors (Lipinski definition) is 1. The quantitative estimate of drug-likeness (QED) is 0.898. The highest BCUT2D eigenvalue weighted by Gasteiger charge is 2.32. The van der Waals surface area contributed by atoms with E-state index in [1.165, 1.54) is 12.1 Å². The molecule has 0 heterocycles. The Labute approximate surface area is 127 Å². The number of carbonyl (C=O) groups excluding carboxylic acids is 1. The van der Waals surface area contributed by atoms with Gasteiger partial charge >= 0.3 is 6.18 Å². The first-order valence-electron chi connectivity index (χ1n) is 6.92. The lowest BCUT2D eigenvalue weighted by molar-refractivity contribution is -0.138. The van der Waals surface area contributed by atoms with Crippen molar-refractivity contribution in [3.8, 4) is 0 Å². The van der Waals surface area contributed by atoms with Gasteiger partial charge in [0.1, 0.15) is 0 Å². The predicted molar refractivity (Wildman–Crippen MR) is 78.3 cm³/mol. The van der Waals surface area contributed by atoms with Crippen molar-refractivity contribution in [2.24, 2.45) is 0 Å². The molecule has 116 valence electrons. The van der Waals surface area contributed by atoms with Crippen molar-refractivity contribution < 1.29 is 18.0 Å². The molecule has 0 saturated heterocycles. The lowest BCUT2D eigenvalue weighted by Gasteiger charge is -2.13. The maximum atomic E-state index is 12.8. The third-order valence-corrected chi connectivity index (χ3v) is 3.25. The lowest BCUT2D eigenvalue weighted by Crippen LogP contribution is -2.27. The van der Waals surface area contributed by atoms with E-state index in [-0.39, 0.29) is 30.9 Å². The number of hydrogen-bond donors (Lipinski definition) is 1. The molecule has 0 bridgehead atoms. The first kappa shape index (κ1) is 16.1. The maximum Gasteiger partial charge on any atom is 0.416 e.